The van der Waals surface area contributed by atoms with E-state index in [9.17, 15) is 8.78 Å². The number of aromatic amines is 1. The van der Waals surface area contributed by atoms with Gasteiger partial charge >= 0.3 is 6.01 Å². The number of piperazine rings is 1. The molecule has 4 aliphatic heterocycles. The molecule has 2 bridgehead atoms. The lowest BCUT2D eigenvalue weighted by atomic mass is 9.95. The van der Waals surface area contributed by atoms with E-state index in [4.69, 9.17) is 9.72 Å². The highest BCUT2D eigenvalue weighted by molar-refractivity contribution is 6.01. The van der Waals surface area contributed by atoms with Gasteiger partial charge in [0.05, 0.1) is 5.54 Å². The number of hydrogen-bond donors (Lipinski definition) is 2. The fourth-order valence-electron chi connectivity index (χ4n) is 7.88. The van der Waals surface area contributed by atoms with E-state index in [0.29, 0.717) is 46.4 Å². The number of nitrogens with zero attached hydrogens (tertiary/aromatic N) is 4. The molecule has 4 fully saturated rings. The first-order chi connectivity index (χ1) is 20.0. The van der Waals surface area contributed by atoms with Crippen molar-refractivity contribution < 1.29 is 17.9 Å². The van der Waals surface area contributed by atoms with Gasteiger partial charge in [0.1, 0.15) is 17.9 Å². The minimum atomic E-state index is -2.68. The van der Waals surface area contributed by atoms with Gasteiger partial charge in [0, 0.05) is 64.3 Å². The first-order valence-corrected chi connectivity index (χ1v) is 14.8. The zero-order chi connectivity index (χ0) is 27.7. The molecule has 7 nitrogen and oxygen atoms in total. The van der Waals surface area contributed by atoms with Gasteiger partial charge in [-0.25, -0.2) is 13.2 Å². The summed E-state index contributed by atoms with van der Waals surface area (Å²) >= 11 is 0. The lowest BCUT2D eigenvalue weighted by Gasteiger charge is -2.34. The molecular weight excluding hydrogens is 529 g/mol. The third-order valence-electron chi connectivity index (χ3n) is 9.83. The maximum atomic E-state index is 16.6. The van der Waals surface area contributed by atoms with Crippen molar-refractivity contribution in [2.24, 2.45) is 0 Å². The number of alkyl halides is 2. The van der Waals surface area contributed by atoms with Crippen LogP contribution in [0.4, 0.5) is 19.0 Å². The van der Waals surface area contributed by atoms with Crippen LogP contribution in [0, 0.1) is 5.82 Å². The molecule has 0 spiro atoms. The van der Waals surface area contributed by atoms with E-state index in [1.165, 1.54) is 6.07 Å². The minimum absolute atomic E-state index is 0.00272. The van der Waals surface area contributed by atoms with Crippen LogP contribution in [-0.2, 0) is 0 Å². The van der Waals surface area contributed by atoms with Crippen LogP contribution >= 0.6 is 0 Å². The Morgan fingerprint density at radius 1 is 1.00 bits per heavy atom. The van der Waals surface area contributed by atoms with Crippen LogP contribution < -0.4 is 15.0 Å². The standard InChI is InChI=1S/C31H33F3N6O/c32-26-20(23-14-35-24-5-1-4-21(25(23)24)28(33)34)8-9-22-27(26)37-30(41-17-31-10-2-12-40(31)13-3-11-31)38-29(22)39-15-18-6-7-19(16-39)36-18/h1,4-5,8-9,14,18-19,28,35-36H,2-3,6-7,10-13,15-17H2/t18-,19+. The predicted molar refractivity (Wildman–Crippen MR) is 152 cm³/mol. The molecule has 2 aromatic heterocycles. The first-order valence-electron chi connectivity index (χ1n) is 14.8. The van der Waals surface area contributed by atoms with Crippen molar-refractivity contribution >= 4 is 27.6 Å². The van der Waals surface area contributed by atoms with Crippen LogP contribution in [0.15, 0.2) is 36.5 Å². The first kappa shape index (κ1) is 25.3. The van der Waals surface area contributed by atoms with Gasteiger partial charge in [0.25, 0.3) is 6.43 Å². The molecule has 10 heteroatoms. The lowest BCUT2D eigenvalue weighted by molar-refractivity contribution is 0.108. The van der Waals surface area contributed by atoms with E-state index >= 15 is 4.39 Å². The molecule has 0 radical (unpaired) electrons. The Labute approximate surface area is 236 Å². The monoisotopic (exact) mass is 562 g/mol. The van der Waals surface area contributed by atoms with Gasteiger partial charge < -0.3 is 19.9 Å². The van der Waals surface area contributed by atoms with Gasteiger partial charge in [-0.15, -0.1) is 0 Å². The van der Waals surface area contributed by atoms with E-state index < -0.39 is 12.2 Å². The SMILES string of the molecule is Fc1c(-c2c[nH]c3cccc(C(F)F)c23)ccc2c(N3C[C@H]4CC[C@@H](C3)N4)nc(OCC34CCCN3CCC4)nc12. The van der Waals surface area contributed by atoms with Crippen molar-refractivity contribution in [3.63, 3.8) is 0 Å². The van der Waals surface area contributed by atoms with Crippen molar-refractivity contribution in [2.45, 2.75) is 62.6 Å². The molecular formula is C31H33F3N6O. The summed E-state index contributed by atoms with van der Waals surface area (Å²) in [6.07, 6.45) is 5.61. The Morgan fingerprint density at radius 3 is 2.54 bits per heavy atom. The van der Waals surface area contributed by atoms with E-state index in [1.807, 2.05) is 6.07 Å². The maximum Gasteiger partial charge on any atom is 0.319 e. The van der Waals surface area contributed by atoms with E-state index in [1.54, 1.807) is 24.4 Å². The molecule has 6 heterocycles. The van der Waals surface area contributed by atoms with E-state index in [2.05, 4.69) is 25.1 Å². The number of rotatable bonds is 6. The fraction of sp³-hybridized carbons (Fsp3) is 0.484. The molecule has 214 valence electrons. The second-order valence-corrected chi connectivity index (χ2v) is 12.2. The topological polar surface area (TPSA) is 69.3 Å². The molecule has 4 aliphatic rings. The van der Waals surface area contributed by atoms with Gasteiger partial charge in [0.15, 0.2) is 5.82 Å². The third-order valence-corrected chi connectivity index (χ3v) is 9.83. The van der Waals surface area contributed by atoms with Crippen LogP contribution in [-0.4, -0.2) is 70.3 Å². The molecule has 0 unspecified atom stereocenters. The van der Waals surface area contributed by atoms with Crippen LogP contribution in [0.25, 0.3) is 32.9 Å². The van der Waals surface area contributed by atoms with Crippen LogP contribution in [0.2, 0.25) is 0 Å². The number of H-pyrrole nitrogens is 1. The molecule has 4 saturated heterocycles. The molecule has 0 aliphatic carbocycles. The smallest absolute Gasteiger partial charge is 0.319 e. The van der Waals surface area contributed by atoms with Gasteiger partial charge in [-0.2, -0.15) is 9.97 Å². The average Bonchev–Trinajstić information content (AvgIpc) is 3.75. The highest BCUT2D eigenvalue weighted by Gasteiger charge is 2.45. The second-order valence-electron chi connectivity index (χ2n) is 12.2. The lowest BCUT2D eigenvalue weighted by Crippen LogP contribution is -2.51. The highest BCUT2D eigenvalue weighted by atomic mass is 19.3. The molecule has 2 atom stereocenters. The Bertz CT molecular complexity index is 1620. The number of nitrogens with one attached hydrogen (secondary N) is 2. The van der Waals surface area contributed by atoms with Gasteiger partial charge in [-0.3, -0.25) is 4.90 Å². The zero-order valence-corrected chi connectivity index (χ0v) is 22.8. The molecule has 2 aromatic carbocycles. The summed E-state index contributed by atoms with van der Waals surface area (Å²) in [6, 6.07) is 9.11. The number of anilines is 1. The summed E-state index contributed by atoms with van der Waals surface area (Å²) in [7, 11) is 0. The summed E-state index contributed by atoms with van der Waals surface area (Å²) < 4.78 is 50.8. The molecule has 0 amide bonds. The second kappa shape index (κ2) is 9.59. The number of fused-ring (bicyclic) bond motifs is 5. The van der Waals surface area contributed by atoms with Gasteiger partial charge in [-0.05, 0) is 63.7 Å². The Morgan fingerprint density at radius 2 is 1.78 bits per heavy atom. The van der Waals surface area contributed by atoms with Gasteiger partial charge in [0.2, 0.25) is 0 Å². The van der Waals surface area contributed by atoms with Crippen LogP contribution in [0.5, 0.6) is 6.01 Å². The third kappa shape index (κ3) is 4.09. The molecule has 8 rings (SSSR count). The number of aromatic nitrogens is 3. The summed E-state index contributed by atoms with van der Waals surface area (Å²) in [5.74, 6) is 0.119. The summed E-state index contributed by atoms with van der Waals surface area (Å²) in [5.41, 5.74) is 1.19. The maximum absolute atomic E-state index is 16.6. The van der Waals surface area contributed by atoms with Crippen LogP contribution in [0.3, 0.4) is 0 Å². The summed E-state index contributed by atoms with van der Waals surface area (Å²) in [6.45, 7) is 4.21. The van der Waals surface area contributed by atoms with Crippen molar-refractivity contribution in [2.75, 3.05) is 37.7 Å². The number of ether oxygens (including phenoxy) is 1. The van der Waals surface area contributed by atoms with Crippen molar-refractivity contribution in [3.8, 4) is 17.1 Å². The Balaban J connectivity index is 1.25. The van der Waals surface area contributed by atoms with Crippen LogP contribution in [0.1, 0.15) is 50.5 Å². The summed E-state index contributed by atoms with van der Waals surface area (Å²) in [5, 5.41) is 4.58. The van der Waals surface area contributed by atoms with Crippen molar-refractivity contribution in [1.29, 1.82) is 0 Å². The normalized spacial score (nSPS) is 23.8. The quantitative estimate of drug-likeness (QED) is 0.310. The fourth-order valence-corrected chi connectivity index (χ4v) is 7.88. The predicted octanol–water partition coefficient (Wildman–Crippen LogP) is 5.80. The van der Waals surface area contributed by atoms with Crippen molar-refractivity contribution in [1.82, 2.24) is 25.2 Å². The Hall–Kier alpha value is -3.37. The number of halogens is 3. The highest BCUT2D eigenvalue weighted by Crippen LogP contribution is 2.41. The number of hydrogen-bond acceptors (Lipinski definition) is 6. The number of benzene rings is 2. The largest absolute Gasteiger partial charge is 0.461 e. The Kier molecular flexibility index (Phi) is 5.93. The van der Waals surface area contributed by atoms with E-state index in [-0.39, 0.29) is 28.2 Å². The molecule has 0 saturated carbocycles. The van der Waals surface area contributed by atoms with Crippen molar-refractivity contribution in [3.05, 3.63) is 47.9 Å². The molecule has 2 N–H and O–H groups in total. The molecule has 4 aromatic rings. The zero-order valence-electron chi connectivity index (χ0n) is 22.8. The minimum Gasteiger partial charge on any atom is -0.461 e. The molecule has 41 heavy (non-hydrogen) atoms. The van der Waals surface area contributed by atoms with E-state index in [0.717, 1.165) is 64.7 Å². The average molecular weight is 563 g/mol. The van der Waals surface area contributed by atoms with Gasteiger partial charge in [-0.1, -0.05) is 18.2 Å². The summed E-state index contributed by atoms with van der Waals surface area (Å²) in [4.78, 5) is 17.3.